The highest BCUT2D eigenvalue weighted by Crippen LogP contribution is 2.16. The lowest BCUT2D eigenvalue weighted by molar-refractivity contribution is -0.401. The SMILES string of the molecule is CN1C(=O)C2=NC(c3ccc(S(=O)(=O)O)cc3)=NC2=[N+](C)C1=O. The van der Waals surface area contributed by atoms with Crippen LogP contribution >= 0.6 is 0 Å². The van der Waals surface area contributed by atoms with E-state index in [4.69, 9.17) is 4.55 Å². The summed E-state index contributed by atoms with van der Waals surface area (Å²) in [4.78, 5) is 32.9. The number of hydrogen-bond acceptors (Lipinski definition) is 6. The third kappa shape index (κ3) is 2.37. The van der Waals surface area contributed by atoms with Crippen LogP contribution < -0.4 is 0 Å². The largest absolute Gasteiger partial charge is 0.446 e. The van der Waals surface area contributed by atoms with Crippen molar-refractivity contribution in [3.63, 3.8) is 0 Å². The van der Waals surface area contributed by atoms with E-state index in [0.29, 0.717) is 5.56 Å². The molecule has 23 heavy (non-hydrogen) atoms. The van der Waals surface area contributed by atoms with Crippen molar-refractivity contribution >= 4 is 39.4 Å². The number of benzene rings is 1. The Labute approximate surface area is 131 Å². The van der Waals surface area contributed by atoms with Crippen LogP contribution in [0.4, 0.5) is 4.79 Å². The first-order chi connectivity index (χ1) is 10.7. The Hall–Kier alpha value is -2.72. The number of urea groups is 1. The van der Waals surface area contributed by atoms with Crippen LogP contribution in [0.2, 0.25) is 0 Å². The zero-order valence-corrected chi connectivity index (χ0v) is 12.9. The summed E-state index contributed by atoms with van der Waals surface area (Å²) in [5.74, 6) is -0.233. The van der Waals surface area contributed by atoms with Crippen molar-refractivity contribution < 1.29 is 27.1 Å². The molecule has 2 heterocycles. The van der Waals surface area contributed by atoms with Crippen LogP contribution in [0.5, 0.6) is 0 Å². The molecule has 10 heteroatoms. The standard InChI is InChI=1S/C13H10N4O5S/c1-16-11-9(12(18)17(2)13(16)19)14-10(15-11)7-3-5-8(6-4-7)23(20,21)22/h3-6H,1-2H3/p+1. The maximum absolute atomic E-state index is 12.1. The van der Waals surface area contributed by atoms with Gasteiger partial charge in [0.25, 0.3) is 10.1 Å². The lowest BCUT2D eigenvalue weighted by atomic mass is 10.2. The molecule has 118 valence electrons. The third-order valence-electron chi connectivity index (χ3n) is 3.45. The minimum Gasteiger partial charge on any atom is -0.282 e. The Morgan fingerprint density at radius 3 is 2.30 bits per heavy atom. The van der Waals surface area contributed by atoms with Gasteiger partial charge in [-0.3, -0.25) is 4.55 Å². The van der Waals surface area contributed by atoms with Gasteiger partial charge >= 0.3 is 17.8 Å². The number of amides is 3. The molecule has 0 saturated heterocycles. The van der Waals surface area contributed by atoms with Gasteiger partial charge < -0.3 is 0 Å². The summed E-state index contributed by atoms with van der Waals surface area (Å²) in [5, 5.41) is 0. The van der Waals surface area contributed by atoms with Gasteiger partial charge in [0.05, 0.1) is 19.0 Å². The molecular weight excluding hydrogens is 324 g/mol. The first kappa shape index (κ1) is 15.2. The molecule has 0 atom stereocenters. The Bertz CT molecular complexity index is 941. The van der Waals surface area contributed by atoms with E-state index in [1.54, 1.807) is 0 Å². The van der Waals surface area contributed by atoms with Gasteiger partial charge in [0.15, 0.2) is 0 Å². The van der Waals surface area contributed by atoms with E-state index in [9.17, 15) is 18.0 Å². The molecule has 2 aliphatic heterocycles. The first-order valence-corrected chi connectivity index (χ1v) is 7.82. The number of amidine groups is 2. The van der Waals surface area contributed by atoms with Gasteiger partial charge in [0, 0.05) is 5.56 Å². The van der Waals surface area contributed by atoms with Gasteiger partial charge in [-0.1, -0.05) is 4.99 Å². The van der Waals surface area contributed by atoms with E-state index in [-0.39, 0.29) is 22.3 Å². The number of carbonyl (C=O) groups is 2. The molecule has 1 N–H and O–H groups in total. The van der Waals surface area contributed by atoms with Crippen LogP contribution in [-0.4, -0.2) is 65.9 Å². The monoisotopic (exact) mass is 335 g/mol. The van der Waals surface area contributed by atoms with Gasteiger partial charge in [-0.05, 0) is 24.3 Å². The number of rotatable bonds is 2. The van der Waals surface area contributed by atoms with Crippen molar-refractivity contribution in [2.45, 2.75) is 4.90 Å². The Morgan fingerprint density at radius 1 is 1.13 bits per heavy atom. The summed E-state index contributed by atoms with van der Waals surface area (Å²) in [7, 11) is -1.47. The zero-order chi connectivity index (χ0) is 16.9. The molecule has 3 rings (SSSR count). The van der Waals surface area contributed by atoms with E-state index in [0.717, 1.165) is 4.90 Å². The van der Waals surface area contributed by atoms with Gasteiger partial charge in [-0.2, -0.15) is 22.9 Å². The Kier molecular flexibility index (Phi) is 3.23. The molecule has 0 fully saturated rings. The van der Waals surface area contributed by atoms with Crippen LogP contribution in [0.25, 0.3) is 0 Å². The zero-order valence-electron chi connectivity index (χ0n) is 12.1. The van der Waals surface area contributed by atoms with E-state index < -0.39 is 22.1 Å². The number of hydrogen-bond donors (Lipinski definition) is 1. The molecule has 1 aromatic rings. The third-order valence-corrected chi connectivity index (χ3v) is 4.32. The maximum atomic E-state index is 12.1. The summed E-state index contributed by atoms with van der Waals surface area (Å²) in [6.07, 6.45) is 0. The molecule has 2 aliphatic rings. The number of carbonyl (C=O) groups excluding carboxylic acids is 2. The van der Waals surface area contributed by atoms with Gasteiger partial charge in [0.2, 0.25) is 11.5 Å². The fourth-order valence-electron chi connectivity index (χ4n) is 2.18. The van der Waals surface area contributed by atoms with Crippen LogP contribution in [-0.2, 0) is 14.9 Å². The lowest BCUT2D eigenvalue weighted by Crippen LogP contribution is -2.51. The highest BCUT2D eigenvalue weighted by atomic mass is 32.2. The quantitative estimate of drug-likeness (QED) is 0.591. The topological polar surface area (TPSA) is 119 Å². The van der Waals surface area contributed by atoms with Crippen molar-refractivity contribution in [2.24, 2.45) is 9.98 Å². The second kappa shape index (κ2) is 4.89. The molecule has 0 aliphatic carbocycles. The summed E-state index contributed by atoms with van der Waals surface area (Å²) in [6.45, 7) is 0. The summed E-state index contributed by atoms with van der Waals surface area (Å²) >= 11 is 0. The highest BCUT2D eigenvalue weighted by molar-refractivity contribution is 7.85. The molecule has 3 amide bonds. The van der Waals surface area contributed by atoms with Crippen molar-refractivity contribution in [2.75, 3.05) is 14.1 Å². The maximum Gasteiger partial charge on any atom is 0.446 e. The van der Waals surface area contributed by atoms with Crippen molar-refractivity contribution in [3.8, 4) is 0 Å². The number of fused-ring (bicyclic) bond motifs is 1. The summed E-state index contributed by atoms with van der Waals surface area (Å²) < 4.78 is 32.2. The molecule has 0 aromatic heterocycles. The molecule has 0 saturated carbocycles. The molecule has 1 aromatic carbocycles. The molecule has 0 unspecified atom stereocenters. The first-order valence-electron chi connectivity index (χ1n) is 6.38. The number of aliphatic imine (C=N–C) groups is 2. The highest BCUT2D eigenvalue weighted by Gasteiger charge is 2.44. The average Bonchev–Trinajstić information content (AvgIpc) is 2.95. The fraction of sp³-hybridized carbons (Fsp3) is 0.154. The van der Waals surface area contributed by atoms with Crippen molar-refractivity contribution in [1.29, 1.82) is 0 Å². The van der Waals surface area contributed by atoms with E-state index in [1.165, 1.54) is 42.9 Å². The summed E-state index contributed by atoms with van der Waals surface area (Å²) in [6, 6.07) is 4.68. The van der Waals surface area contributed by atoms with Crippen LogP contribution in [0.3, 0.4) is 0 Å². The Balaban J connectivity index is 2.06. The van der Waals surface area contributed by atoms with Crippen molar-refractivity contribution in [1.82, 2.24) is 4.90 Å². The average molecular weight is 335 g/mol. The van der Waals surface area contributed by atoms with Crippen LogP contribution in [0, 0.1) is 0 Å². The minimum absolute atomic E-state index is 0.0449. The molecular formula is C13H11N4O5S+. The van der Waals surface area contributed by atoms with Gasteiger partial charge in [-0.25, -0.2) is 9.59 Å². The smallest absolute Gasteiger partial charge is 0.282 e. The lowest BCUT2D eigenvalue weighted by Gasteiger charge is -2.15. The minimum atomic E-state index is -4.29. The molecule has 0 radical (unpaired) electrons. The van der Waals surface area contributed by atoms with Gasteiger partial charge in [-0.15, -0.1) is 0 Å². The predicted molar refractivity (Wildman–Crippen MR) is 79.6 cm³/mol. The predicted octanol–water partition coefficient (Wildman–Crippen LogP) is -0.233. The van der Waals surface area contributed by atoms with E-state index >= 15 is 0 Å². The number of nitrogens with zero attached hydrogens (tertiary/aromatic N) is 4. The van der Waals surface area contributed by atoms with E-state index in [1.807, 2.05) is 0 Å². The van der Waals surface area contributed by atoms with Crippen LogP contribution in [0.1, 0.15) is 5.56 Å². The molecule has 0 spiro atoms. The van der Waals surface area contributed by atoms with E-state index in [2.05, 4.69) is 9.98 Å². The van der Waals surface area contributed by atoms with Gasteiger partial charge in [0.1, 0.15) is 0 Å². The number of imide groups is 1. The van der Waals surface area contributed by atoms with Crippen molar-refractivity contribution in [3.05, 3.63) is 29.8 Å². The van der Waals surface area contributed by atoms with Crippen LogP contribution in [0.15, 0.2) is 39.1 Å². The normalized spacial score (nSPS) is 18.1. The second-order valence-corrected chi connectivity index (χ2v) is 6.35. The molecule has 9 nitrogen and oxygen atoms in total. The molecule has 0 bridgehead atoms. The summed E-state index contributed by atoms with van der Waals surface area (Å²) in [5.41, 5.74) is 0.492. The fourth-order valence-corrected chi connectivity index (χ4v) is 2.66. The Morgan fingerprint density at radius 2 is 1.74 bits per heavy atom. The second-order valence-electron chi connectivity index (χ2n) is 4.92.